The quantitative estimate of drug-likeness (QED) is 0.360. The van der Waals surface area contributed by atoms with Gasteiger partial charge in [-0.1, -0.05) is 42.5 Å². The summed E-state index contributed by atoms with van der Waals surface area (Å²) in [7, 11) is 0. The maximum Gasteiger partial charge on any atom is 0.339 e. The van der Waals surface area contributed by atoms with Crippen LogP contribution in [0.5, 0.6) is 0 Å². The van der Waals surface area contributed by atoms with E-state index in [4.69, 9.17) is 4.74 Å². The van der Waals surface area contributed by atoms with Gasteiger partial charge in [0.25, 0.3) is 11.6 Å². The first-order valence-electron chi connectivity index (χ1n) is 8.76. The van der Waals surface area contributed by atoms with Crippen LogP contribution in [0.1, 0.15) is 32.4 Å². The molecule has 0 aliphatic carbocycles. The van der Waals surface area contributed by atoms with Gasteiger partial charge in [-0.2, -0.15) is 0 Å². The maximum absolute atomic E-state index is 12.4. The minimum absolute atomic E-state index is 0.0601. The second-order valence-corrected chi connectivity index (χ2v) is 7.19. The number of ether oxygens (including phenoxy) is 1. The number of nitrogens with one attached hydrogen (secondary N) is 1. The first-order chi connectivity index (χ1) is 14.0. The summed E-state index contributed by atoms with van der Waals surface area (Å²) in [5.41, 5.74) is 0.989. The number of esters is 1. The number of nitro benzene ring substituents is 1. The topological polar surface area (TPSA) is 98.5 Å². The Balaban J connectivity index is 1.68. The molecule has 7 nitrogen and oxygen atoms in total. The van der Waals surface area contributed by atoms with Crippen LogP contribution >= 0.6 is 11.3 Å². The van der Waals surface area contributed by atoms with Crippen molar-refractivity contribution in [3.05, 3.63) is 97.7 Å². The third-order valence-electron chi connectivity index (χ3n) is 4.32. The molecule has 1 N–H and O–H groups in total. The Labute approximate surface area is 171 Å². The Morgan fingerprint density at radius 3 is 2.52 bits per heavy atom. The fourth-order valence-corrected chi connectivity index (χ4v) is 3.68. The fraction of sp³-hybridized carbons (Fsp3) is 0.143. The molecule has 0 bridgehead atoms. The SMILES string of the molecule is Cc1c(C(=O)OCC(=O)N[C@@H](c2ccccc2)c2cccs2)cccc1[N+](=O)[O-]. The Bertz CT molecular complexity index is 1020. The number of nitro groups is 1. The molecule has 2 aromatic carbocycles. The summed E-state index contributed by atoms with van der Waals surface area (Å²) in [4.78, 5) is 36.1. The van der Waals surface area contributed by atoms with Crippen molar-refractivity contribution in [3.8, 4) is 0 Å². The van der Waals surface area contributed by atoms with Crippen molar-refractivity contribution in [2.24, 2.45) is 0 Å². The second-order valence-electron chi connectivity index (χ2n) is 6.21. The molecule has 0 fully saturated rings. The van der Waals surface area contributed by atoms with E-state index >= 15 is 0 Å². The summed E-state index contributed by atoms with van der Waals surface area (Å²) in [5.74, 6) is -1.25. The van der Waals surface area contributed by atoms with Crippen molar-refractivity contribution in [2.45, 2.75) is 13.0 Å². The van der Waals surface area contributed by atoms with Gasteiger partial charge >= 0.3 is 5.97 Å². The predicted molar refractivity (Wildman–Crippen MR) is 109 cm³/mol. The zero-order chi connectivity index (χ0) is 20.8. The lowest BCUT2D eigenvalue weighted by Gasteiger charge is -2.18. The van der Waals surface area contributed by atoms with Gasteiger partial charge in [-0.05, 0) is 30.0 Å². The highest BCUT2D eigenvalue weighted by Crippen LogP contribution is 2.26. The van der Waals surface area contributed by atoms with Gasteiger partial charge in [0.05, 0.1) is 16.5 Å². The standard InChI is InChI=1S/C21H18N2O5S/c1-14-16(9-5-10-17(14)23(26)27)21(25)28-13-19(24)22-20(18-11-6-12-29-18)15-7-3-2-4-8-15/h2-12,20H,13H2,1H3,(H,22,24)/t20-/m0/s1. The number of thiophene rings is 1. The van der Waals surface area contributed by atoms with E-state index in [9.17, 15) is 19.7 Å². The molecular formula is C21H18N2O5S. The Hall–Kier alpha value is -3.52. The summed E-state index contributed by atoms with van der Waals surface area (Å²) < 4.78 is 5.09. The van der Waals surface area contributed by atoms with Crippen molar-refractivity contribution >= 4 is 28.9 Å². The summed E-state index contributed by atoms with van der Waals surface area (Å²) in [5, 5.41) is 15.8. The third-order valence-corrected chi connectivity index (χ3v) is 5.26. The van der Waals surface area contributed by atoms with Gasteiger partial charge in [-0.15, -0.1) is 11.3 Å². The normalized spacial score (nSPS) is 11.5. The molecule has 0 unspecified atom stereocenters. The number of rotatable bonds is 7. The van der Waals surface area contributed by atoms with Crippen LogP contribution in [0.4, 0.5) is 5.69 Å². The number of carbonyl (C=O) groups is 2. The molecule has 0 aliphatic heterocycles. The number of hydrogen-bond donors (Lipinski definition) is 1. The molecule has 1 atom stereocenters. The molecule has 8 heteroatoms. The van der Waals surface area contributed by atoms with Crippen molar-refractivity contribution in [1.82, 2.24) is 5.32 Å². The largest absolute Gasteiger partial charge is 0.452 e. The van der Waals surface area contributed by atoms with Crippen LogP contribution in [-0.2, 0) is 9.53 Å². The smallest absolute Gasteiger partial charge is 0.339 e. The van der Waals surface area contributed by atoms with Crippen molar-refractivity contribution < 1.29 is 19.2 Å². The lowest BCUT2D eigenvalue weighted by atomic mass is 10.1. The van der Waals surface area contributed by atoms with Gasteiger partial charge < -0.3 is 10.1 Å². The van der Waals surface area contributed by atoms with E-state index in [0.717, 1.165) is 10.4 Å². The molecule has 29 heavy (non-hydrogen) atoms. The van der Waals surface area contributed by atoms with Crippen molar-refractivity contribution in [3.63, 3.8) is 0 Å². The minimum Gasteiger partial charge on any atom is -0.452 e. The summed E-state index contributed by atoms with van der Waals surface area (Å²) in [6.45, 7) is 0.979. The number of amides is 1. The van der Waals surface area contributed by atoms with Gasteiger partial charge in [-0.3, -0.25) is 14.9 Å². The van der Waals surface area contributed by atoms with Crippen LogP contribution in [0.25, 0.3) is 0 Å². The molecule has 0 aliphatic rings. The first kappa shape index (κ1) is 20.2. The van der Waals surface area contributed by atoms with E-state index in [1.165, 1.54) is 36.5 Å². The van der Waals surface area contributed by atoms with Crippen molar-refractivity contribution in [1.29, 1.82) is 0 Å². The lowest BCUT2D eigenvalue weighted by Crippen LogP contribution is -2.32. The zero-order valence-electron chi connectivity index (χ0n) is 15.5. The highest BCUT2D eigenvalue weighted by molar-refractivity contribution is 7.10. The number of nitrogens with zero attached hydrogens (tertiary/aromatic N) is 1. The highest BCUT2D eigenvalue weighted by atomic mass is 32.1. The van der Waals surface area contributed by atoms with Gasteiger partial charge in [0.15, 0.2) is 6.61 Å². The Morgan fingerprint density at radius 1 is 1.10 bits per heavy atom. The van der Waals surface area contributed by atoms with E-state index in [1.807, 2.05) is 47.8 Å². The molecule has 1 amide bonds. The Morgan fingerprint density at radius 2 is 1.86 bits per heavy atom. The van der Waals surface area contributed by atoms with Crippen LogP contribution in [0.2, 0.25) is 0 Å². The van der Waals surface area contributed by atoms with Crippen molar-refractivity contribution in [2.75, 3.05) is 6.61 Å². The van der Waals surface area contributed by atoms with Gasteiger partial charge in [0.1, 0.15) is 0 Å². The molecule has 0 saturated carbocycles. The van der Waals surface area contributed by atoms with Crippen LogP contribution in [0.15, 0.2) is 66.0 Å². The first-order valence-corrected chi connectivity index (χ1v) is 9.64. The Kier molecular flexibility index (Phi) is 6.36. The van der Waals surface area contributed by atoms with Gasteiger partial charge in [0.2, 0.25) is 0 Å². The lowest BCUT2D eigenvalue weighted by molar-refractivity contribution is -0.385. The molecule has 0 saturated heterocycles. The average Bonchev–Trinajstić information content (AvgIpc) is 3.25. The predicted octanol–water partition coefficient (Wildman–Crippen LogP) is 4.03. The average molecular weight is 410 g/mol. The molecule has 148 valence electrons. The molecular weight excluding hydrogens is 392 g/mol. The van der Waals surface area contributed by atoms with Crippen LogP contribution in [0.3, 0.4) is 0 Å². The fourth-order valence-electron chi connectivity index (χ4n) is 2.87. The van der Waals surface area contributed by atoms with Crippen LogP contribution in [0, 0.1) is 17.0 Å². The van der Waals surface area contributed by atoms with E-state index in [-0.39, 0.29) is 22.9 Å². The molecule has 3 rings (SSSR count). The molecule has 3 aromatic rings. The van der Waals surface area contributed by atoms with Gasteiger partial charge in [-0.25, -0.2) is 4.79 Å². The van der Waals surface area contributed by atoms with Crippen LogP contribution < -0.4 is 5.32 Å². The van der Waals surface area contributed by atoms with E-state index in [2.05, 4.69) is 5.32 Å². The van der Waals surface area contributed by atoms with Gasteiger partial charge in [0, 0.05) is 16.5 Å². The van der Waals surface area contributed by atoms with E-state index < -0.39 is 23.4 Å². The number of benzene rings is 2. The molecule has 1 heterocycles. The summed E-state index contributed by atoms with van der Waals surface area (Å²) in [6.07, 6.45) is 0. The number of hydrogen-bond acceptors (Lipinski definition) is 6. The summed E-state index contributed by atoms with van der Waals surface area (Å²) >= 11 is 1.51. The molecule has 1 aromatic heterocycles. The monoisotopic (exact) mass is 410 g/mol. The van der Waals surface area contributed by atoms with E-state index in [1.54, 1.807) is 0 Å². The third kappa shape index (κ3) is 4.85. The minimum atomic E-state index is -0.784. The summed E-state index contributed by atoms with van der Waals surface area (Å²) in [6, 6.07) is 17.1. The van der Waals surface area contributed by atoms with Crippen LogP contribution in [-0.4, -0.2) is 23.4 Å². The second kappa shape index (κ2) is 9.11. The highest BCUT2D eigenvalue weighted by Gasteiger charge is 2.21. The van der Waals surface area contributed by atoms with E-state index in [0.29, 0.717) is 0 Å². The zero-order valence-corrected chi connectivity index (χ0v) is 16.3. The number of carbonyl (C=O) groups excluding carboxylic acids is 2. The molecule has 0 spiro atoms. The molecule has 0 radical (unpaired) electrons. The maximum atomic E-state index is 12.4.